The van der Waals surface area contributed by atoms with Crippen LogP contribution < -0.4 is 5.43 Å². The van der Waals surface area contributed by atoms with E-state index in [1.54, 1.807) is 10.6 Å². The molecular formula is C22H22F2N2O3. The van der Waals surface area contributed by atoms with Crippen molar-refractivity contribution in [2.75, 3.05) is 14.1 Å². The Labute approximate surface area is 166 Å². The maximum absolute atomic E-state index is 14.0. The molecule has 0 saturated carbocycles. The maximum atomic E-state index is 14.0. The van der Waals surface area contributed by atoms with E-state index < -0.39 is 17.6 Å². The Morgan fingerprint density at radius 3 is 2.55 bits per heavy atom. The second kappa shape index (κ2) is 8.53. The van der Waals surface area contributed by atoms with Crippen molar-refractivity contribution in [2.24, 2.45) is 0 Å². The van der Waals surface area contributed by atoms with E-state index in [2.05, 4.69) is 0 Å². The van der Waals surface area contributed by atoms with Gasteiger partial charge in [-0.25, -0.2) is 8.78 Å². The molecule has 0 aliphatic carbocycles. The lowest BCUT2D eigenvalue weighted by Gasteiger charge is -2.17. The molecule has 0 aliphatic rings. The third-order valence-corrected chi connectivity index (χ3v) is 4.74. The highest BCUT2D eigenvalue weighted by Gasteiger charge is 2.14. The summed E-state index contributed by atoms with van der Waals surface area (Å²) in [6, 6.07) is 10.7. The fourth-order valence-electron chi connectivity index (χ4n) is 3.47. The van der Waals surface area contributed by atoms with Gasteiger partial charge in [0.25, 0.3) is 0 Å². The molecule has 0 amide bonds. The number of aromatic nitrogens is 1. The molecule has 7 heteroatoms. The quantitative estimate of drug-likeness (QED) is 0.662. The van der Waals surface area contributed by atoms with Gasteiger partial charge >= 0.3 is 5.97 Å². The van der Waals surface area contributed by atoms with Crippen molar-refractivity contribution < 1.29 is 18.7 Å². The topological polar surface area (TPSA) is 62.5 Å². The molecule has 0 atom stereocenters. The molecule has 1 aromatic heterocycles. The average molecular weight is 400 g/mol. The first-order valence-corrected chi connectivity index (χ1v) is 9.21. The van der Waals surface area contributed by atoms with Crippen LogP contribution in [0.25, 0.3) is 10.9 Å². The number of fused-ring (bicyclic) bond motifs is 1. The van der Waals surface area contributed by atoms with Crippen molar-refractivity contribution >= 4 is 16.9 Å². The predicted molar refractivity (Wildman–Crippen MR) is 107 cm³/mol. The summed E-state index contributed by atoms with van der Waals surface area (Å²) in [7, 11) is 3.83. The van der Waals surface area contributed by atoms with E-state index in [1.165, 1.54) is 18.2 Å². The molecule has 0 unspecified atom stereocenters. The van der Waals surface area contributed by atoms with Crippen molar-refractivity contribution in [1.29, 1.82) is 0 Å². The SMILES string of the molecule is CN(C)Cc1ccc2c(=O)cc(CCc3cccc(F)c3F)n(CC(=O)O)c2c1. The predicted octanol–water partition coefficient (Wildman–Crippen LogP) is 3.21. The lowest BCUT2D eigenvalue weighted by Crippen LogP contribution is -2.20. The van der Waals surface area contributed by atoms with Gasteiger partial charge in [-0.2, -0.15) is 0 Å². The van der Waals surface area contributed by atoms with Crippen LogP contribution in [0, 0.1) is 11.6 Å². The van der Waals surface area contributed by atoms with Gasteiger partial charge in [-0.15, -0.1) is 0 Å². The molecule has 2 aromatic carbocycles. The minimum atomic E-state index is -1.05. The molecule has 0 fully saturated rings. The zero-order chi connectivity index (χ0) is 21.1. The van der Waals surface area contributed by atoms with Crippen molar-refractivity contribution in [3.8, 4) is 0 Å². The maximum Gasteiger partial charge on any atom is 0.323 e. The molecule has 5 nitrogen and oxygen atoms in total. The van der Waals surface area contributed by atoms with Crippen LogP contribution in [0.3, 0.4) is 0 Å². The van der Waals surface area contributed by atoms with Gasteiger partial charge in [0.15, 0.2) is 17.1 Å². The first-order chi connectivity index (χ1) is 13.8. The van der Waals surface area contributed by atoms with E-state index in [9.17, 15) is 23.5 Å². The first-order valence-electron chi connectivity index (χ1n) is 9.21. The van der Waals surface area contributed by atoms with Crippen molar-refractivity contribution in [3.05, 3.63) is 81.1 Å². The van der Waals surface area contributed by atoms with Gasteiger partial charge in [0, 0.05) is 23.7 Å². The number of hydrogen-bond donors (Lipinski definition) is 1. The van der Waals surface area contributed by atoms with Gasteiger partial charge in [0.05, 0.1) is 5.52 Å². The number of carbonyl (C=O) groups is 1. The second-order valence-corrected chi connectivity index (χ2v) is 7.28. The van der Waals surface area contributed by atoms with Gasteiger partial charge in [0.1, 0.15) is 6.54 Å². The van der Waals surface area contributed by atoms with Crippen LogP contribution in [0.5, 0.6) is 0 Å². The van der Waals surface area contributed by atoms with Crippen LogP contribution in [-0.4, -0.2) is 34.6 Å². The summed E-state index contributed by atoms with van der Waals surface area (Å²) in [5, 5.41) is 9.81. The minimum Gasteiger partial charge on any atom is -0.480 e. The van der Waals surface area contributed by atoms with Gasteiger partial charge in [-0.05, 0) is 56.3 Å². The zero-order valence-electron chi connectivity index (χ0n) is 16.3. The molecule has 152 valence electrons. The number of carboxylic acid groups (broad SMARTS) is 1. The highest BCUT2D eigenvalue weighted by atomic mass is 19.2. The monoisotopic (exact) mass is 400 g/mol. The Bertz CT molecular complexity index is 1120. The van der Waals surface area contributed by atoms with Gasteiger partial charge in [-0.3, -0.25) is 9.59 Å². The molecular weight excluding hydrogens is 378 g/mol. The Kier molecular flexibility index (Phi) is 6.08. The summed E-state index contributed by atoms with van der Waals surface area (Å²) >= 11 is 0. The third kappa shape index (κ3) is 4.68. The summed E-state index contributed by atoms with van der Waals surface area (Å²) in [5.41, 5.74) is 1.88. The number of aliphatic carboxylic acids is 1. The van der Waals surface area contributed by atoms with Crippen LogP contribution in [0.15, 0.2) is 47.3 Å². The Balaban J connectivity index is 2.08. The standard InChI is InChI=1S/C22H22F2N2O3/c1-25(2)12-14-6-9-17-19(10-14)26(13-21(28)29)16(11-20(17)27)8-7-15-4-3-5-18(23)22(15)24/h3-6,9-11H,7-8,12-13H2,1-2H3,(H,28,29). The highest BCUT2D eigenvalue weighted by Crippen LogP contribution is 2.19. The summed E-state index contributed by atoms with van der Waals surface area (Å²) in [5.74, 6) is -2.91. The lowest BCUT2D eigenvalue weighted by molar-refractivity contribution is -0.137. The number of hydrogen-bond acceptors (Lipinski definition) is 3. The molecule has 3 aromatic rings. The Morgan fingerprint density at radius 2 is 1.86 bits per heavy atom. The van der Waals surface area contributed by atoms with E-state index in [1.807, 2.05) is 31.1 Å². The van der Waals surface area contributed by atoms with Gasteiger partial charge < -0.3 is 14.6 Å². The summed E-state index contributed by atoms with van der Waals surface area (Å²) < 4.78 is 29.0. The fourth-order valence-corrected chi connectivity index (χ4v) is 3.47. The molecule has 0 saturated heterocycles. The van der Waals surface area contributed by atoms with Crippen LogP contribution in [-0.2, 0) is 30.7 Å². The average Bonchev–Trinajstić information content (AvgIpc) is 2.65. The number of pyridine rings is 1. The number of rotatable bonds is 7. The van der Waals surface area contributed by atoms with Crippen LogP contribution in [0.1, 0.15) is 16.8 Å². The highest BCUT2D eigenvalue weighted by molar-refractivity contribution is 5.81. The van der Waals surface area contributed by atoms with Crippen LogP contribution in [0.2, 0.25) is 0 Å². The molecule has 0 bridgehead atoms. The van der Waals surface area contributed by atoms with Crippen molar-refractivity contribution in [1.82, 2.24) is 9.47 Å². The molecule has 1 N–H and O–H groups in total. The Morgan fingerprint density at radius 1 is 1.10 bits per heavy atom. The summed E-state index contributed by atoms with van der Waals surface area (Å²) in [4.78, 5) is 26.0. The first kappa shape index (κ1) is 20.7. The van der Waals surface area contributed by atoms with Crippen LogP contribution in [0.4, 0.5) is 8.78 Å². The van der Waals surface area contributed by atoms with Crippen molar-refractivity contribution in [2.45, 2.75) is 25.9 Å². The molecule has 0 aliphatic heterocycles. The molecule has 1 heterocycles. The van der Waals surface area contributed by atoms with Crippen LogP contribution >= 0.6 is 0 Å². The summed E-state index contributed by atoms with van der Waals surface area (Å²) in [6.45, 7) is 0.305. The smallest absolute Gasteiger partial charge is 0.323 e. The molecule has 29 heavy (non-hydrogen) atoms. The fraction of sp³-hybridized carbons (Fsp3) is 0.273. The lowest BCUT2D eigenvalue weighted by atomic mass is 10.0. The van der Waals surface area contributed by atoms with Crippen molar-refractivity contribution in [3.63, 3.8) is 0 Å². The van der Waals surface area contributed by atoms with E-state index in [0.29, 0.717) is 23.1 Å². The number of benzene rings is 2. The largest absolute Gasteiger partial charge is 0.480 e. The molecule has 3 rings (SSSR count). The normalized spacial score (nSPS) is 11.3. The molecule has 0 spiro atoms. The van der Waals surface area contributed by atoms with E-state index in [-0.39, 0.29) is 30.4 Å². The van der Waals surface area contributed by atoms with E-state index in [0.717, 1.165) is 11.6 Å². The molecule has 0 radical (unpaired) electrons. The zero-order valence-corrected chi connectivity index (χ0v) is 16.3. The number of halogens is 2. The third-order valence-electron chi connectivity index (χ3n) is 4.74. The number of carboxylic acids is 1. The Hall–Kier alpha value is -3.06. The second-order valence-electron chi connectivity index (χ2n) is 7.28. The van der Waals surface area contributed by atoms with Gasteiger partial charge in [-0.1, -0.05) is 18.2 Å². The van der Waals surface area contributed by atoms with Gasteiger partial charge in [0.2, 0.25) is 0 Å². The van der Waals surface area contributed by atoms with E-state index >= 15 is 0 Å². The summed E-state index contributed by atoms with van der Waals surface area (Å²) in [6.07, 6.45) is 0.349. The number of aryl methyl sites for hydroxylation is 2. The number of nitrogens with zero attached hydrogens (tertiary/aromatic N) is 2. The van der Waals surface area contributed by atoms with E-state index in [4.69, 9.17) is 0 Å². The minimum absolute atomic E-state index is 0.144.